The van der Waals surface area contributed by atoms with Gasteiger partial charge in [0, 0.05) is 6.54 Å². The Morgan fingerprint density at radius 1 is 1.22 bits per heavy atom. The number of ether oxygens (including phenoxy) is 1. The topological polar surface area (TPSA) is 133 Å². The molecular formula is C21H23FN4O5S. The van der Waals surface area contributed by atoms with Crippen molar-refractivity contribution in [2.24, 2.45) is 5.14 Å². The number of benzene rings is 2. The number of rotatable bonds is 9. The summed E-state index contributed by atoms with van der Waals surface area (Å²) in [4.78, 5) is 28.4. The zero-order valence-corrected chi connectivity index (χ0v) is 18.2. The summed E-state index contributed by atoms with van der Waals surface area (Å²) in [5.41, 5.74) is 0.920. The number of carbonyl (C=O) groups excluding carboxylic acids is 2. The summed E-state index contributed by atoms with van der Waals surface area (Å²) in [6, 6.07) is 9.80. The number of carbonyl (C=O) groups is 2. The molecule has 3 aromatic rings. The number of imidazole rings is 1. The number of primary sulfonamides is 1. The van der Waals surface area contributed by atoms with Crippen LogP contribution in [0.2, 0.25) is 0 Å². The van der Waals surface area contributed by atoms with Crippen LogP contribution in [0.25, 0.3) is 11.0 Å². The first-order valence-electron chi connectivity index (χ1n) is 9.91. The molecule has 0 spiro atoms. The minimum Gasteiger partial charge on any atom is -0.456 e. The second kappa shape index (κ2) is 9.88. The Hall–Kier alpha value is -3.31. The van der Waals surface area contributed by atoms with Gasteiger partial charge in [0.25, 0.3) is 5.91 Å². The molecule has 0 bridgehead atoms. The molecule has 0 unspecified atom stereocenters. The molecule has 1 heterocycles. The standard InChI is InChI=1S/C21H23FN4O5S/c1-2-3-10-26-18-9-8-14(32(23,29)30)11-17(18)25-19(26)13-31-20(27)12-24-21(28)15-6-4-5-7-16(15)22/h4-9,11H,2-3,10,12-13H2,1H3,(H,24,28)(H2,23,29,30). The number of nitrogens with zero attached hydrogens (tertiary/aromatic N) is 2. The molecule has 0 saturated heterocycles. The van der Waals surface area contributed by atoms with E-state index in [-0.39, 0.29) is 17.1 Å². The van der Waals surface area contributed by atoms with Gasteiger partial charge in [0.15, 0.2) is 0 Å². The Kier molecular flexibility index (Phi) is 7.21. The Morgan fingerprint density at radius 3 is 2.66 bits per heavy atom. The summed E-state index contributed by atoms with van der Waals surface area (Å²) in [5, 5.41) is 7.50. The molecule has 0 aliphatic carbocycles. The summed E-state index contributed by atoms with van der Waals surface area (Å²) in [6.07, 6.45) is 1.75. The number of hydrogen-bond donors (Lipinski definition) is 2. The predicted octanol–water partition coefficient (Wildman–Crippen LogP) is 2.10. The molecular weight excluding hydrogens is 439 g/mol. The molecule has 0 aliphatic rings. The molecule has 170 valence electrons. The van der Waals surface area contributed by atoms with Gasteiger partial charge in [0.2, 0.25) is 10.0 Å². The minimum absolute atomic E-state index is 0.0652. The normalized spacial score (nSPS) is 11.5. The zero-order valence-electron chi connectivity index (χ0n) is 17.4. The number of fused-ring (bicyclic) bond motifs is 1. The first-order valence-corrected chi connectivity index (χ1v) is 11.5. The van der Waals surface area contributed by atoms with Gasteiger partial charge in [-0.05, 0) is 36.8 Å². The number of halogens is 1. The van der Waals surface area contributed by atoms with Crippen molar-refractivity contribution in [2.75, 3.05) is 6.54 Å². The Labute approximate surface area is 184 Å². The highest BCUT2D eigenvalue weighted by Crippen LogP contribution is 2.21. The van der Waals surface area contributed by atoms with Crippen molar-refractivity contribution in [3.05, 3.63) is 59.7 Å². The van der Waals surface area contributed by atoms with Crippen LogP contribution in [0, 0.1) is 5.82 Å². The third kappa shape index (κ3) is 5.48. The van der Waals surface area contributed by atoms with E-state index in [0.29, 0.717) is 23.4 Å². The average molecular weight is 463 g/mol. The number of nitrogens with one attached hydrogen (secondary N) is 1. The van der Waals surface area contributed by atoms with Crippen molar-refractivity contribution in [3.8, 4) is 0 Å². The van der Waals surface area contributed by atoms with E-state index < -0.39 is 34.3 Å². The maximum atomic E-state index is 13.7. The number of sulfonamides is 1. The van der Waals surface area contributed by atoms with Crippen molar-refractivity contribution in [1.29, 1.82) is 0 Å². The monoisotopic (exact) mass is 462 g/mol. The van der Waals surface area contributed by atoms with Gasteiger partial charge < -0.3 is 14.6 Å². The van der Waals surface area contributed by atoms with Crippen LogP contribution in [0.5, 0.6) is 0 Å². The van der Waals surface area contributed by atoms with E-state index in [1.54, 1.807) is 6.07 Å². The second-order valence-electron chi connectivity index (χ2n) is 7.05. The van der Waals surface area contributed by atoms with Gasteiger partial charge in [0.05, 0.1) is 21.5 Å². The molecule has 9 nitrogen and oxygen atoms in total. The van der Waals surface area contributed by atoms with Crippen molar-refractivity contribution in [2.45, 2.75) is 37.8 Å². The summed E-state index contributed by atoms with van der Waals surface area (Å²) in [6.45, 7) is 1.99. The zero-order chi connectivity index (χ0) is 23.3. The first kappa shape index (κ1) is 23.4. The summed E-state index contributed by atoms with van der Waals surface area (Å²) in [7, 11) is -3.88. The van der Waals surface area contributed by atoms with Crippen LogP contribution in [0.3, 0.4) is 0 Å². The summed E-state index contributed by atoms with van der Waals surface area (Å²) >= 11 is 0. The van der Waals surface area contributed by atoms with Gasteiger partial charge in [-0.1, -0.05) is 25.5 Å². The molecule has 1 aromatic heterocycles. The molecule has 0 fully saturated rings. The molecule has 0 aliphatic heterocycles. The lowest BCUT2D eigenvalue weighted by Crippen LogP contribution is -2.31. The van der Waals surface area contributed by atoms with Crippen molar-refractivity contribution >= 4 is 32.9 Å². The Morgan fingerprint density at radius 2 is 1.97 bits per heavy atom. The summed E-state index contributed by atoms with van der Waals surface area (Å²) in [5.74, 6) is -1.73. The predicted molar refractivity (Wildman–Crippen MR) is 115 cm³/mol. The van der Waals surface area contributed by atoms with Crippen LogP contribution in [0.4, 0.5) is 4.39 Å². The number of aryl methyl sites for hydroxylation is 1. The summed E-state index contributed by atoms with van der Waals surface area (Å²) < 4.78 is 44.0. The van der Waals surface area contributed by atoms with E-state index in [0.717, 1.165) is 18.9 Å². The molecule has 2 aromatic carbocycles. The van der Waals surface area contributed by atoms with Gasteiger partial charge in [-0.3, -0.25) is 9.59 Å². The first-order chi connectivity index (χ1) is 15.2. The van der Waals surface area contributed by atoms with Crippen LogP contribution in [-0.4, -0.2) is 36.4 Å². The van der Waals surface area contributed by atoms with E-state index in [9.17, 15) is 22.4 Å². The molecule has 11 heteroatoms. The number of aromatic nitrogens is 2. The lowest BCUT2D eigenvalue weighted by Gasteiger charge is -2.10. The maximum Gasteiger partial charge on any atom is 0.325 e. The SMILES string of the molecule is CCCCn1c(COC(=O)CNC(=O)c2ccccc2F)nc2cc(S(N)(=O)=O)ccc21. The fraction of sp³-hybridized carbons (Fsp3) is 0.286. The van der Waals surface area contributed by atoms with Crippen LogP contribution in [0.1, 0.15) is 35.9 Å². The maximum absolute atomic E-state index is 13.7. The van der Waals surface area contributed by atoms with E-state index >= 15 is 0 Å². The van der Waals surface area contributed by atoms with Gasteiger partial charge in [-0.2, -0.15) is 0 Å². The molecule has 3 rings (SSSR count). The van der Waals surface area contributed by atoms with Crippen LogP contribution < -0.4 is 10.5 Å². The molecule has 0 radical (unpaired) electrons. The van der Waals surface area contributed by atoms with Crippen LogP contribution >= 0.6 is 0 Å². The quantitative estimate of drug-likeness (QED) is 0.468. The lowest BCUT2D eigenvalue weighted by molar-refractivity contribution is -0.144. The van der Waals surface area contributed by atoms with E-state index in [1.165, 1.54) is 30.3 Å². The molecule has 0 saturated carbocycles. The minimum atomic E-state index is -3.88. The highest BCUT2D eigenvalue weighted by molar-refractivity contribution is 7.89. The number of hydrogen-bond acceptors (Lipinski definition) is 6. The third-order valence-corrected chi connectivity index (χ3v) is 5.65. The smallest absolute Gasteiger partial charge is 0.325 e. The van der Waals surface area contributed by atoms with Crippen molar-refractivity contribution < 1.29 is 27.1 Å². The highest BCUT2D eigenvalue weighted by Gasteiger charge is 2.17. The van der Waals surface area contributed by atoms with E-state index in [1.807, 2.05) is 11.5 Å². The fourth-order valence-electron chi connectivity index (χ4n) is 3.10. The largest absolute Gasteiger partial charge is 0.456 e. The lowest BCUT2D eigenvalue weighted by atomic mass is 10.2. The van der Waals surface area contributed by atoms with E-state index in [2.05, 4.69) is 10.3 Å². The molecule has 3 N–H and O–H groups in total. The van der Waals surface area contributed by atoms with Crippen molar-refractivity contribution in [1.82, 2.24) is 14.9 Å². The number of nitrogens with two attached hydrogens (primary N) is 1. The van der Waals surface area contributed by atoms with E-state index in [4.69, 9.17) is 9.88 Å². The Bertz CT molecular complexity index is 1260. The van der Waals surface area contributed by atoms with Crippen molar-refractivity contribution in [3.63, 3.8) is 0 Å². The number of amides is 1. The van der Waals surface area contributed by atoms with Crippen LogP contribution in [-0.2, 0) is 32.7 Å². The molecule has 1 amide bonds. The van der Waals surface area contributed by atoms with Crippen LogP contribution in [0.15, 0.2) is 47.4 Å². The number of unbranched alkanes of at least 4 members (excludes halogenated alkanes) is 1. The second-order valence-corrected chi connectivity index (χ2v) is 8.61. The van der Waals surface area contributed by atoms with Gasteiger partial charge >= 0.3 is 5.97 Å². The molecule has 32 heavy (non-hydrogen) atoms. The number of esters is 1. The Balaban J connectivity index is 1.70. The molecule has 0 atom stereocenters. The average Bonchev–Trinajstić information content (AvgIpc) is 3.10. The highest BCUT2D eigenvalue weighted by atomic mass is 32.2. The third-order valence-electron chi connectivity index (χ3n) is 4.74. The van der Waals surface area contributed by atoms with Gasteiger partial charge in [-0.25, -0.2) is 22.9 Å². The van der Waals surface area contributed by atoms with Gasteiger partial charge in [-0.15, -0.1) is 0 Å². The fourth-order valence-corrected chi connectivity index (χ4v) is 3.64. The van der Waals surface area contributed by atoms with Gasteiger partial charge in [0.1, 0.15) is 24.8 Å².